The molecule has 2 heteroatoms. The number of methoxy groups -OCH3 is 1. The zero-order chi connectivity index (χ0) is 13.7. The molecule has 2 nitrogen and oxygen atoms in total. The smallest absolute Gasteiger partial charge is 0.128 e. The summed E-state index contributed by atoms with van der Waals surface area (Å²) in [5.41, 5.74) is 4.52. The third-order valence-corrected chi connectivity index (χ3v) is 3.28. The zero-order valence-electron chi connectivity index (χ0n) is 11.9. The molecule has 0 fully saturated rings. The van der Waals surface area contributed by atoms with Crippen LogP contribution in [0.3, 0.4) is 0 Å². The first-order chi connectivity index (χ1) is 9.24. The van der Waals surface area contributed by atoms with Crippen LogP contribution in [0, 0.1) is 6.92 Å². The Kier molecular flexibility index (Phi) is 4.56. The second kappa shape index (κ2) is 6.37. The molecule has 0 unspecified atom stereocenters. The number of aryl methyl sites for hydroxylation is 2. The lowest BCUT2D eigenvalue weighted by molar-refractivity contribution is 0.416. The fourth-order valence-electron chi connectivity index (χ4n) is 2.12. The molecule has 19 heavy (non-hydrogen) atoms. The van der Waals surface area contributed by atoms with Crippen molar-refractivity contribution in [2.45, 2.75) is 33.1 Å². The Morgan fingerprint density at radius 3 is 2.63 bits per heavy atom. The van der Waals surface area contributed by atoms with Gasteiger partial charge < -0.3 is 4.74 Å². The fraction of sp³-hybridized carbons (Fsp3) is 0.353. The molecule has 0 saturated carbocycles. The van der Waals surface area contributed by atoms with Crippen LogP contribution in [0.4, 0.5) is 0 Å². The highest BCUT2D eigenvalue weighted by molar-refractivity contribution is 5.67. The van der Waals surface area contributed by atoms with E-state index in [1.54, 1.807) is 7.11 Å². The van der Waals surface area contributed by atoms with Gasteiger partial charge >= 0.3 is 0 Å². The number of unbranched alkanes of at least 4 members (excludes halogenated alkanes) is 1. The van der Waals surface area contributed by atoms with Crippen LogP contribution >= 0.6 is 0 Å². The van der Waals surface area contributed by atoms with Gasteiger partial charge in [0.25, 0.3) is 0 Å². The molecule has 1 aromatic heterocycles. The van der Waals surface area contributed by atoms with Crippen molar-refractivity contribution >= 4 is 0 Å². The van der Waals surface area contributed by atoms with Crippen molar-refractivity contribution in [3.63, 3.8) is 0 Å². The molecule has 2 rings (SSSR count). The predicted octanol–water partition coefficient (Wildman–Crippen LogP) is 4.41. The molecule has 1 aromatic carbocycles. The predicted molar refractivity (Wildman–Crippen MR) is 79.6 cm³/mol. The van der Waals surface area contributed by atoms with Gasteiger partial charge in [-0.2, -0.15) is 0 Å². The minimum Gasteiger partial charge on any atom is -0.496 e. The lowest BCUT2D eigenvalue weighted by Gasteiger charge is -2.09. The van der Waals surface area contributed by atoms with E-state index in [1.807, 2.05) is 12.3 Å². The Bertz CT molecular complexity index is 531. The number of hydrogen-bond acceptors (Lipinski definition) is 2. The van der Waals surface area contributed by atoms with E-state index in [0.29, 0.717) is 0 Å². The first-order valence-corrected chi connectivity index (χ1v) is 6.84. The van der Waals surface area contributed by atoms with Crippen LogP contribution in [0.1, 0.15) is 30.9 Å². The summed E-state index contributed by atoms with van der Waals surface area (Å²) < 4.78 is 5.44. The average molecular weight is 255 g/mol. The molecular weight excluding hydrogens is 234 g/mol. The SMILES string of the molecule is CCCCc1ccc(-c2ccc(C)cc2OC)nc1. The molecular formula is C17H21NO. The monoisotopic (exact) mass is 255 g/mol. The Labute approximate surface area is 115 Å². The van der Waals surface area contributed by atoms with E-state index in [2.05, 4.69) is 43.1 Å². The lowest BCUT2D eigenvalue weighted by Crippen LogP contribution is -1.92. The zero-order valence-corrected chi connectivity index (χ0v) is 11.9. The second-order valence-corrected chi connectivity index (χ2v) is 4.86. The van der Waals surface area contributed by atoms with Crippen molar-refractivity contribution in [3.05, 3.63) is 47.7 Å². The number of ether oxygens (including phenoxy) is 1. The topological polar surface area (TPSA) is 22.1 Å². The molecule has 0 aliphatic rings. The van der Waals surface area contributed by atoms with Crippen molar-refractivity contribution in [2.75, 3.05) is 7.11 Å². The minimum absolute atomic E-state index is 0.883. The van der Waals surface area contributed by atoms with Crippen LogP contribution in [-0.2, 0) is 6.42 Å². The normalized spacial score (nSPS) is 10.5. The van der Waals surface area contributed by atoms with Gasteiger partial charge in [-0.15, -0.1) is 0 Å². The van der Waals surface area contributed by atoms with Crippen LogP contribution in [0.2, 0.25) is 0 Å². The van der Waals surface area contributed by atoms with Crippen LogP contribution in [0.5, 0.6) is 5.75 Å². The molecule has 0 spiro atoms. The van der Waals surface area contributed by atoms with Gasteiger partial charge in [0, 0.05) is 11.8 Å². The lowest BCUT2D eigenvalue weighted by atomic mass is 10.1. The van der Waals surface area contributed by atoms with Gasteiger partial charge in [0.05, 0.1) is 12.8 Å². The molecule has 0 radical (unpaired) electrons. The first kappa shape index (κ1) is 13.6. The molecule has 0 N–H and O–H groups in total. The van der Waals surface area contributed by atoms with Crippen LogP contribution in [0.25, 0.3) is 11.3 Å². The van der Waals surface area contributed by atoms with E-state index in [4.69, 9.17) is 4.74 Å². The maximum Gasteiger partial charge on any atom is 0.128 e. The van der Waals surface area contributed by atoms with E-state index in [0.717, 1.165) is 23.4 Å². The summed E-state index contributed by atoms with van der Waals surface area (Å²) in [5.74, 6) is 0.883. The standard InChI is InChI=1S/C17H21NO/c1-4-5-6-14-8-10-16(18-12-14)15-9-7-13(2)11-17(15)19-3/h7-12H,4-6H2,1-3H3. The molecule has 0 saturated heterocycles. The number of aromatic nitrogens is 1. The molecule has 0 amide bonds. The highest BCUT2D eigenvalue weighted by atomic mass is 16.5. The molecule has 100 valence electrons. The summed E-state index contributed by atoms with van der Waals surface area (Å²) in [6.45, 7) is 4.27. The Balaban J connectivity index is 2.26. The number of hydrogen-bond donors (Lipinski definition) is 0. The minimum atomic E-state index is 0.883. The number of rotatable bonds is 5. The third-order valence-electron chi connectivity index (χ3n) is 3.28. The summed E-state index contributed by atoms with van der Waals surface area (Å²) in [7, 11) is 1.70. The summed E-state index contributed by atoms with van der Waals surface area (Å²) in [6.07, 6.45) is 5.52. The van der Waals surface area contributed by atoms with Gasteiger partial charge in [0.1, 0.15) is 5.75 Å². The Morgan fingerprint density at radius 2 is 2.00 bits per heavy atom. The van der Waals surface area contributed by atoms with E-state index >= 15 is 0 Å². The second-order valence-electron chi connectivity index (χ2n) is 4.86. The van der Waals surface area contributed by atoms with Crippen molar-refractivity contribution in [2.24, 2.45) is 0 Å². The van der Waals surface area contributed by atoms with Gasteiger partial charge in [-0.3, -0.25) is 4.98 Å². The highest BCUT2D eigenvalue weighted by Crippen LogP contribution is 2.29. The summed E-state index contributed by atoms with van der Waals surface area (Å²) in [5, 5.41) is 0. The molecule has 0 aliphatic carbocycles. The van der Waals surface area contributed by atoms with Gasteiger partial charge in [-0.05, 0) is 49.1 Å². The maximum absolute atomic E-state index is 5.44. The van der Waals surface area contributed by atoms with Gasteiger partial charge in [-0.1, -0.05) is 25.5 Å². The van der Waals surface area contributed by atoms with E-state index in [1.165, 1.54) is 24.0 Å². The van der Waals surface area contributed by atoms with Crippen LogP contribution in [0.15, 0.2) is 36.5 Å². The van der Waals surface area contributed by atoms with E-state index in [9.17, 15) is 0 Å². The number of pyridine rings is 1. The summed E-state index contributed by atoms with van der Waals surface area (Å²) in [6, 6.07) is 10.4. The van der Waals surface area contributed by atoms with Crippen molar-refractivity contribution in [3.8, 4) is 17.0 Å². The van der Waals surface area contributed by atoms with Gasteiger partial charge in [-0.25, -0.2) is 0 Å². The Hall–Kier alpha value is -1.83. The van der Waals surface area contributed by atoms with Crippen molar-refractivity contribution in [1.29, 1.82) is 0 Å². The van der Waals surface area contributed by atoms with E-state index < -0.39 is 0 Å². The fourth-order valence-corrected chi connectivity index (χ4v) is 2.12. The average Bonchev–Trinajstić information content (AvgIpc) is 2.45. The van der Waals surface area contributed by atoms with E-state index in [-0.39, 0.29) is 0 Å². The Morgan fingerprint density at radius 1 is 1.16 bits per heavy atom. The van der Waals surface area contributed by atoms with Gasteiger partial charge in [0.15, 0.2) is 0 Å². The van der Waals surface area contributed by atoms with Crippen LogP contribution < -0.4 is 4.74 Å². The highest BCUT2D eigenvalue weighted by Gasteiger charge is 2.07. The largest absolute Gasteiger partial charge is 0.496 e. The first-order valence-electron chi connectivity index (χ1n) is 6.84. The number of nitrogens with zero attached hydrogens (tertiary/aromatic N) is 1. The van der Waals surface area contributed by atoms with Crippen LogP contribution in [-0.4, -0.2) is 12.1 Å². The summed E-state index contributed by atoms with van der Waals surface area (Å²) >= 11 is 0. The van der Waals surface area contributed by atoms with Crippen molar-refractivity contribution < 1.29 is 4.74 Å². The third kappa shape index (κ3) is 3.34. The molecule has 1 heterocycles. The molecule has 0 aliphatic heterocycles. The van der Waals surface area contributed by atoms with Gasteiger partial charge in [0.2, 0.25) is 0 Å². The molecule has 2 aromatic rings. The quantitative estimate of drug-likeness (QED) is 0.789. The molecule has 0 bridgehead atoms. The summed E-state index contributed by atoms with van der Waals surface area (Å²) in [4.78, 5) is 4.56. The maximum atomic E-state index is 5.44. The molecule has 0 atom stereocenters. The van der Waals surface area contributed by atoms with Crippen molar-refractivity contribution in [1.82, 2.24) is 4.98 Å². The number of benzene rings is 1.